The lowest BCUT2D eigenvalue weighted by Crippen LogP contribution is -2.25. The van der Waals surface area contributed by atoms with Gasteiger partial charge in [0.2, 0.25) is 0 Å². The fourth-order valence-corrected chi connectivity index (χ4v) is 3.65. The number of para-hydroxylation sites is 1. The summed E-state index contributed by atoms with van der Waals surface area (Å²) in [5.41, 5.74) is 1.85. The molecule has 0 aliphatic rings. The van der Waals surface area contributed by atoms with Gasteiger partial charge in [-0.2, -0.15) is 0 Å². The Balaban J connectivity index is 2.79. The van der Waals surface area contributed by atoms with Crippen LogP contribution in [0.2, 0.25) is 0 Å². The van der Waals surface area contributed by atoms with Crippen LogP contribution in [0.5, 0.6) is 11.5 Å². The van der Waals surface area contributed by atoms with Crippen molar-refractivity contribution in [3.05, 3.63) is 53.1 Å². The van der Waals surface area contributed by atoms with E-state index in [0.717, 1.165) is 0 Å². The lowest BCUT2D eigenvalue weighted by atomic mass is 10.0. The molecule has 2 atom stereocenters. The zero-order valence-corrected chi connectivity index (χ0v) is 19.3. The number of hydrogen-bond donors (Lipinski definition) is 3. The van der Waals surface area contributed by atoms with Crippen LogP contribution in [0.15, 0.2) is 36.4 Å². The molecule has 2 rings (SSSR count). The van der Waals surface area contributed by atoms with E-state index in [9.17, 15) is 18.7 Å². The molecular weight excluding hydrogens is 438 g/mol. The minimum absolute atomic E-state index is 0.231. The minimum Gasteiger partial charge on any atom is -0.496 e. The predicted octanol–water partition coefficient (Wildman–Crippen LogP) is 3.43. The fraction of sp³-hybridized carbons (Fsp3) is 0.318. The van der Waals surface area contributed by atoms with Crippen molar-refractivity contribution in [1.82, 2.24) is 0 Å². The zero-order chi connectivity index (χ0) is 23.8. The fourth-order valence-electron chi connectivity index (χ4n) is 3.15. The second-order valence-electron chi connectivity index (χ2n) is 6.65. The second kappa shape index (κ2) is 11.4. The van der Waals surface area contributed by atoms with E-state index in [0.29, 0.717) is 39.6 Å². The van der Waals surface area contributed by atoms with Crippen LogP contribution in [0.1, 0.15) is 23.6 Å². The van der Waals surface area contributed by atoms with Gasteiger partial charge in [-0.15, -0.1) is 0 Å². The molecule has 0 aliphatic carbocycles. The number of carboxylic acids is 1. The van der Waals surface area contributed by atoms with Gasteiger partial charge in [-0.1, -0.05) is 12.1 Å². The summed E-state index contributed by atoms with van der Waals surface area (Å²) in [6, 6.07) is 9.45. The van der Waals surface area contributed by atoms with Crippen LogP contribution in [0, 0.1) is 0 Å². The predicted molar refractivity (Wildman–Crippen MR) is 122 cm³/mol. The molecule has 0 bridgehead atoms. The average molecular weight is 466 g/mol. The standard InChI is InChI=1S/C22H27NO8S/c1-13(22(24)25)23-17-10-14(12-32(26)27)16(11-19(17)29-3)21(31-5)20(30-4)15-8-6-7-9-18(15)28-2/h6-11,13,23H,12H2,1-5H3,(H,24,25)(H,26,27). The Morgan fingerprint density at radius 1 is 1.00 bits per heavy atom. The van der Waals surface area contributed by atoms with Gasteiger partial charge in [0, 0.05) is 5.56 Å². The van der Waals surface area contributed by atoms with Crippen molar-refractivity contribution in [1.29, 1.82) is 0 Å². The van der Waals surface area contributed by atoms with Crippen molar-refractivity contribution < 1.29 is 37.6 Å². The van der Waals surface area contributed by atoms with Crippen molar-refractivity contribution in [2.45, 2.75) is 18.7 Å². The summed E-state index contributed by atoms with van der Waals surface area (Å²) in [5, 5.41) is 12.1. The first kappa shape index (κ1) is 25.0. The second-order valence-corrected chi connectivity index (χ2v) is 7.58. The number of rotatable bonds is 11. The molecule has 10 heteroatoms. The lowest BCUT2D eigenvalue weighted by Gasteiger charge is -2.21. The number of hydrogen-bond acceptors (Lipinski definition) is 7. The first-order valence-corrected chi connectivity index (χ1v) is 10.8. The number of carboxylic acid groups (broad SMARTS) is 1. The van der Waals surface area contributed by atoms with Crippen LogP contribution in [0.3, 0.4) is 0 Å². The first-order chi connectivity index (χ1) is 15.3. The van der Waals surface area contributed by atoms with Crippen molar-refractivity contribution >= 4 is 34.3 Å². The molecule has 32 heavy (non-hydrogen) atoms. The summed E-state index contributed by atoms with van der Waals surface area (Å²) in [7, 11) is 5.90. The molecule has 0 aliphatic heterocycles. The molecule has 9 nitrogen and oxygen atoms in total. The quantitative estimate of drug-likeness (QED) is 0.260. The maximum Gasteiger partial charge on any atom is 0.325 e. The lowest BCUT2D eigenvalue weighted by molar-refractivity contribution is -0.137. The number of ether oxygens (including phenoxy) is 4. The smallest absolute Gasteiger partial charge is 0.325 e. The molecule has 0 amide bonds. The number of benzene rings is 2. The monoisotopic (exact) mass is 465 g/mol. The van der Waals surface area contributed by atoms with E-state index in [1.165, 1.54) is 35.4 Å². The Hall–Kier alpha value is -3.24. The minimum atomic E-state index is -2.18. The van der Waals surface area contributed by atoms with E-state index in [1.807, 2.05) is 12.1 Å². The van der Waals surface area contributed by atoms with Crippen LogP contribution >= 0.6 is 0 Å². The Morgan fingerprint density at radius 2 is 1.59 bits per heavy atom. The molecule has 3 N–H and O–H groups in total. The zero-order valence-electron chi connectivity index (χ0n) is 18.5. The van der Waals surface area contributed by atoms with Gasteiger partial charge in [0.1, 0.15) is 17.5 Å². The largest absolute Gasteiger partial charge is 0.496 e. The van der Waals surface area contributed by atoms with Gasteiger partial charge in [-0.25, -0.2) is 4.21 Å². The Bertz CT molecular complexity index is 1020. The van der Waals surface area contributed by atoms with Crippen LogP contribution in [-0.4, -0.2) is 54.3 Å². The van der Waals surface area contributed by atoms with E-state index in [4.69, 9.17) is 18.9 Å². The summed E-state index contributed by atoms with van der Waals surface area (Å²) in [6.45, 7) is 1.48. The third-order valence-corrected chi connectivity index (χ3v) is 5.22. The molecule has 0 fully saturated rings. The Morgan fingerprint density at radius 3 is 2.12 bits per heavy atom. The van der Waals surface area contributed by atoms with Gasteiger partial charge in [0.05, 0.1) is 45.4 Å². The number of methoxy groups -OCH3 is 4. The maximum absolute atomic E-state index is 11.7. The Labute approximate surface area is 189 Å². The highest BCUT2D eigenvalue weighted by Gasteiger charge is 2.23. The summed E-state index contributed by atoms with van der Waals surface area (Å²) < 4.78 is 43.5. The molecule has 2 aromatic carbocycles. The van der Waals surface area contributed by atoms with E-state index >= 15 is 0 Å². The molecule has 174 valence electrons. The third-order valence-electron chi connectivity index (χ3n) is 4.66. The number of aliphatic carboxylic acids is 1. The molecule has 0 aromatic heterocycles. The van der Waals surface area contributed by atoms with Crippen molar-refractivity contribution in [3.8, 4) is 11.5 Å². The molecule has 0 radical (unpaired) electrons. The highest BCUT2D eigenvalue weighted by atomic mass is 32.2. The summed E-state index contributed by atoms with van der Waals surface area (Å²) in [5.74, 6) is 0.215. The van der Waals surface area contributed by atoms with E-state index in [1.54, 1.807) is 24.3 Å². The van der Waals surface area contributed by atoms with E-state index < -0.39 is 23.1 Å². The molecule has 2 unspecified atom stereocenters. The topological polar surface area (TPSA) is 124 Å². The summed E-state index contributed by atoms with van der Waals surface area (Å²) in [4.78, 5) is 11.3. The van der Waals surface area contributed by atoms with Gasteiger partial charge in [-0.3, -0.25) is 4.79 Å². The van der Waals surface area contributed by atoms with Gasteiger partial charge in [0.25, 0.3) is 0 Å². The average Bonchev–Trinajstić information content (AvgIpc) is 2.77. The van der Waals surface area contributed by atoms with Crippen LogP contribution in [-0.2, 0) is 31.1 Å². The van der Waals surface area contributed by atoms with Crippen LogP contribution < -0.4 is 14.8 Å². The van der Waals surface area contributed by atoms with Crippen molar-refractivity contribution in [2.24, 2.45) is 0 Å². The summed E-state index contributed by atoms with van der Waals surface area (Å²) >= 11 is -2.18. The first-order valence-electron chi connectivity index (χ1n) is 9.51. The van der Waals surface area contributed by atoms with Crippen LogP contribution in [0.4, 0.5) is 5.69 Å². The molecule has 0 heterocycles. The maximum atomic E-state index is 11.7. The number of anilines is 1. The van der Waals surface area contributed by atoms with Gasteiger partial charge in [0.15, 0.2) is 22.6 Å². The SMILES string of the molecule is COC(=C(OC)c1ccccc1OC)c1cc(OC)c(NC(C)C(=O)O)cc1CS(=O)O. The van der Waals surface area contributed by atoms with Crippen LogP contribution in [0.25, 0.3) is 11.5 Å². The molecule has 2 aromatic rings. The normalized spacial score (nSPS) is 13.4. The van der Waals surface area contributed by atoms with Gasteiger partial charge < -0.3 is 33.9 Å². The third kappa shape index (κ3) is 5.71. The highest BCUT2D eigenvalue weighted by molar-refractivity contribution is 7.78. The molecule has 0 spiro atoms. The van der Waals surface area contributed by atoms with Gasteiger partial charge in [-0.05, 0) is 36.8 Å². The van der Waals surface area contributed by atoms with E-state index in [-0.39, 0.29) is 11.5 Å². The number of nitrogens with one attached hydrogen (secondary N) is 1. The highest BCUT2D eigenvalue weighted by Crippen LogP contribution is 2.38. The molecular formula is C22H27NO8S. The molecule has 0 saturated carbocycles. The van der Waals surface area contributed by atoms with E-state index in [2.05, 4.69) is 5.32 Å². The van der Waals surface area contributed by atoms with Gasteiger partial charge >= 0.3 is 5.97 Å². The molecule has 0 saturated heterocycles. The Kier molecular flexibility index (Phi) is 8.91. The number of carbonyl (C=O) groups is 1. The van der Waals surface area contributed by atoms with Crippen molar-refractivity contribution in [2.75, 3.05) is 33.8 Å². The van der Waals surface area contributed by atoms with Crippen molar-refractivity contribution in [3.63, 3.8) is 0 Å². The summed E-state index contributed by atoms with van der Waals surface area (Å²) in [6.07, 6.45) is 0.